The molecule has 3 rings (SSSR count). The van der Waals surface area contributed by atoms with Crippen molar-refractivity contribution in [3.05, 3.63) is 35.3 Å². The number of benzene rings is 1. The number of aromatic amines is 1. The number of hydrogen-bond acceptors (Lipinski definition) is 5. The first kappa shape index (κ1) is 15.6. The summed E-state index contributed by atoms with van der Waals surface area (Å²) in [6.45, 7) is 1.37. The number of nitrogens with zero attached hydrogens (tertiary/aromatic N) is 2. The second kappa shape index (κ2) is 6.84. The Hall–Kier alpha value is -2.32. The Bertz CT molecular complexity index is 698. The summed E-state index contributed by atoms with van der Waals surface area (Å²) in [7, 11) is 0. The third kappa shape index (κ3) is 3.54. The summed E-state index contributed by atoms with van der Waals surface area (Å²) in [6, 6.07) is 4.17. The van der Waals surface area contributed by atoms with Gasteiger partial charge in [0, 0.05) is 12.2 Å². The largest absolute Gasteiger partial charge is 0.376 e. The van der Waals surface area contributed by atoms with E-state index in [-0.39, 0.29) is 24.1 Å². The molecule has 0 radical (unpaired) electrons. The predicted octanol–water partition coefficient (Wildman–Crippen LogP) is 1.41. The molecule has 0 saturated carbocycles. The van der Waals surface area contributed by atoms with Gasteiger partial charge in [0.25, 0.3) is 5.91 Å². The van der Waals surface area contributed by atoms with E-state index in [1.807, 2.05) is 0 Å². The second-order valence-corrected chi connectivity index (χ2v) is 5.34. The molecule has 0 aliphatic carbocycles. The number of rotatable bonds is 6. The molecule has 1 aliphatic rings. The Morgan fingerprint density at radius 2 is 2.35 bits per heavy atom. The number of carbonyl (C=O) groups excluding carboxylic acids is 1. The van der Waals surface area contributed by atoms with Crippen LogP contribution in [0.3, 0.4) is 0 Å². The van der Waals surface area contributed by atoms with Crippen molar-refractivity contribution >= 4 is 5.91 Å². The molecule has 23 heavy (non-hydrogen) atoms. The fourth-order valence-corrected chi connectivity index (χ4v) is 2.58. The molecule has 1 unspecified atom stereocenters. The molecular weight excluding hydrogens is 303 g/mol. The average Bonchev–Trinajstić information content (AvgIpc) is 3.18. The van der Waals surface area contributed by atoms with E-state index in [0.29, 0.717) is 17.7 Å². The maximum absolute atomic E-state index is 13.6. The van der Waals surface area contributed by atoms with Crippen LogP contribution in [0.25, 0.3) is 11.3 Å². The van der Waals surface area contributed by atoms with Crippen molar-refractivity contribution in [1.29, 1.82) is 0 Å². The number of hydrogen-bond donors (Lipinski definition) is 2. The summed E-state index contributed by atoms with van der Waals surface area (Å²) in [6.07, 6.45) is 2.07. The molecule has 122 valence electrons. The van der Waals surface area contributed by atoms with Gasteiger partial charge in [-0.25, -0.2) is 4.39 Å². The van der Waals surface area contributed by atoms with Crippen LogP contribution in [-0.2, 0) is 16.1 Å². The molecule has 3 N–H and O–H groups in total. The number of aromatic nitrogens is 3. The Labute approximate surface area is 132 Å². The zero-order valence-electron chi connectivity index (χ0n) is 12.4. The first-order chi connectivity index (χ1) is 11.1. The molecule has 1 fully saturated rings. The predicted molar refractivity (Wildman–Crippen MR) is 78.9 cm³/mol. The van der Waals surface area contributed by atoms with Gasteiger partial charge in [0.15, 0.2) is 5.69 Å². The van der Waals surface area contributed by atoms with Crippen LogP contribution < -0.4 is 5.73 Å². The van der Waals surface area contributed by atoms with Crippen LogP contribution in [0.15, 0.2) is 18.2 Å². The number of amides is 1. The Morgan fingerprint density at radius 1 is 1.48 bits per heavy atom. The lowest BCUT2D eigenvalue weighted by molar-refractivity contribution is 0.0106. The maximum atomic E-state index is 13.6. The maximum Gasteiger partial charge on any atom is 0.271 e. The summed E-state index contributed by atoms with van der Waals surface area (Å²) in [5.41, 5.74) is 6.70. The smallest absolute Gasteiger partial charge is 0.271 e. The van der Waals surface area contributed by atoms with Crippen LogP contribution in [0.4, 0.5) is 4.39 Å². The lowest BCUT2D eigenvalue weighted by Crippen LogP contribution is -2.15. The fraction of sp³-hybridized carbons (Fsp3) is 0.400. The van der Waals surface area contributed by atoms with Gasteiger partial charge in [-0.15, -0.1) is 0 Å². The molecule has 1 aliphatic heterocycles. The van der Waals surface area contributed by atoms with Gasteiger partial charge >= 0.3 is 0 Å². The minimum absolute atomic E-state index is 0.0111. The standard InChI is InChI=1S/C15H17FN4O3/c16-10-3-4-12(13-14(15(17)21)19-20-18-13)9(6-10)7-22-8-11-2-1-5-23-11/h3-4,6,11H,1-2,5,7-8H2,(H2,17,21)(H,18,19,20). The van der Waals surface area contributed by atoms with E-state index in [9.17, 15) is 9.18 Å². The summed E-state index contributed by atoms with van der Waals surface area (Å²) >= 11 is 0. The van der Waals surface area contributed by atoms with E-state index < -0.39 is 11.7 Å². The van der Waals surface area contributed by atoms with Gasteiger partial charge in [0.2, 0.25) is 0 Å². The summed E-state index contributed by atoms with van der Waals surface area (Å²) in [4.78, 5) is 11.4. The molecule has 1 atom stereocenters. The van der Waals surface area contributed by atoms with Crippen molar-refractivity contribution in [3.8, 4) is 11.3 Å². The highest BCUT2D eigenvalue weighted by Crippen LogP contribution is 2.26. The quantitative estimate of drug-likeness (QED) is 0.837. The summed E-state index contributed by atoms with van der Waals surface area (Å²) in [5.74, 6) is -1.10. The highest BCUT2D eigenvalue weighted by atomic mass is 19.1. The number of nitrogens with two attached hydrogens (primary N) is 1. The monoisotopic (exact) mass is 320 g/mol. The summed E-state index contributed by atoms with van der Waals surface area (Å²) in [5, 5.41) is 10.0. The molecular formula is C15H17FN4O3. The van der Waals surface area contributed by atoms with E-state index in [0.717, 1.165) is 19.4 Å². The third-order valence-corrected chi connectivity index (χ3v) is 3.69. The highest BCUT2D eigenvalue weighted by molar-refractivity contribution is 5.97. The lowest BCUT2D eigenvalue weighted by Gasteiger charge is -2.12. The minimum Gasteiger partial charge on any atom is -0.376 e. The van der Waals surface area contributed by atoms with Gasteiger partial charge < -0.3 is 15.2 Å². The highest BCUT2D eigenvalue weighted by Gasteiger charge is 2.19. The van der Waals surface area contributed by atoms with E-state index in [1.165, 1.54) is 18.2 Å². The Kier molecular flexibility index (Phi) is 4.63. The Morgan fingerprint density at radius 3 is 3.09 bits per heavy atom. The zero-order valence-corrected chi connectivity index (χ0v) is 12.4. The number of ether oxygens (including phenoxy) is 2. The van der Waals surface area contributed by atoms with Crippen molar-refractivity contribution in [2.24, 2.45) is 5.73 Å². The first-order valence-corrected chi connectivity index (χ1v) is 7.34. The third-order valence-electron chi connectivity index (χ3n) is 3.69. The molecule has 0 spiro atoms. The topological polar surface area (TPSA) is 103 Å². The molecule has 1 amide bonds. The van der Waals surface area contributed by atoms with Crippen LogP contribution in [0.5, 0.6) is 0 Å². The number of primary amides is 1. The van der Waals surface area contributed by atoms with Crippen LogP contribution in [0.1, 0.15) is 28.9 Å². The zero-order chi connectivity index (χ0) is 16.2. The van der Waals surface area contributed by atoms with Crippen LogP contribution in [0.2, 0.25) is 0 Å². The molecule has 2 aromatic rings. The van der Waals surface area contributed by atoms with Crippen molar-refractivity contribution in [1.82, 2.24) is 15.4 Å². The summed E-state index contributed by atoms with van der Waals surface area (Å²) < 4.78 is 24.7. The van der Waals surface area contributed by atoms with Crippen LogP contribution >= 0.6 is 0 Å². The van der Waals surface area contributed by atoms with Gasteiger partial charge in [0.1, 0.15) is 11.5 Å². The van der Waals surface area contributed by atoms with E-state index in [4.69, 9.17) is 15.2 Å². The molecule has 0 bridgehead atoms. The van der Waals surface area contributed by atoms with Crippen LogP contribution in [0, 0.1) is 5.82 Å². The fourth-order valence-electron chi connectivity index (χ4n) is 2.58. The molecule has 8 heteroatoms. The number of halogens is 1. The van der Waals surface area contributed by atoms with Crippen molar-refractivity contribution in [2.45, 2.75) is 25.6 Å². The van der Waals surface area contributed by atoms with Crippen molar-refractivity contribution in [2.75, 3.05) is 13.2 Å². The SMILES string of the molecule is NC(=O)c1n[nH]nc1-c1ccc(F)cc1COCC1CCCO1. The second-order valence-electron chi connectivity index (χ2n) is 5.34. The number of carbonyl (C=O) groups is 1. The van der Waals surface area contributed by atoms with E-state index >= 15 is 0 Å². The number of H-pyrrole nitrogens is 1. The van der Waals surface area contributed by atoms with Crippen molar-refractivity contribution < 1.29 is 18.7 Å². The number of nitrogens with one attached hydrogen (secondary N) is 1. The van der Waals surface area contributed by atoms with E-state index in [2.05, 4.69) is 15.4 Å². The van der Waals surface area contributed by atoms with Gasteiger partial charge in [-0.3, -0.25) is 4.79 Å². The van der Waals surface area contributed by atoms with Gasteiger partial charge in [-0.1, -0.05) is 0 Å². The normalized spacial score (nSPS) is 17.5. The molecule has 1 aromatic carbocycles. The molecule has 7 nitrogen and oxygen atoms in total. The van der Waals surface area contributed by atoms with Crippen molar-refractivity contribution in [3.63, 3.8) is 0 Å². The first-order valence-electron chi connectivity index (χ1n) is 7.34. The molecule has 2 heterocycles. The van der Waals surface area contributed by atoms with Crippen LogP contribution in [-0.4, -0.2) is 40.6 Å². The van der Waals surface area contributed by atoms with Gasteiger partial charge in [-0.05, 0) is 36.6 Å². The molecule has 1 saturated heterocycles. The van der Waals surface area contributed by atoms with E-state index in [1.54, 1.807) is 0 Å². The van der Waals surface area contributed by atoms with Gasteiger partial charge in [0.05, 0.1) is 19.3 Å². The average molecular weight is 320 g/mol. The van der Waals surface area contributed by atoms with Gasteiger partial charge in [-0.2, -0.15) is 15.4 Å². The minimum atomic E-state index is -0.704. The molecule has 1 aromatic heterocycles. The lowest BCUT2D eigenvalue weighted by atomic mass is 10.0. The Balaban J connectivity index is 1.79.